The molecule has 0 spiro atoms. The Hall–Kier alpha value is -3.64. The molecule has 2 aliphatic rings. The number of carbonyl (C=O) groups excluding carboxylic acids is 2. The molecule has 3 aromatic carbocycles. The van der Waals surface area contributed by atoms with Crippen LogP contribution in [0.4, 0.5) is 5.69 Å². The van der Waals surface area contributed by atoms with Crippen LogP contribution in [0, 0.1) is 0 Å². The van der Waals surface area contributed by atoms with Crippen LogP contribution in [0.2, 0.25) is 0 Å². The van der Waals surface area contributed by atoms with E-state index in [-0.39, 0.29) is 24.0 Å². The molecule has 0 aliphatic carbocycles. The average Bonchev–Trinajstić information content (AvgIpc) is 3.17. The Morgan fingerprint density at radius 1 is 0.944 bits per heavy atom. The van der Waals surface area contributed by atoms with Crippen LogP contribution in [0.15, 0.2) is 78.9 Å². The highest BCUT2D eigenvalue weighted by Gasteiger charge is 2.35. The minimum Gasteiger partial charge on any atom is -0.361 e. The molecular weight excluding hydrogens is 448 g/mol. The zero-order chi connectivity index (χ0) is 24.9. The van der Waals surface area contributed by atoms with E-state index in [1.54, 1.807) is 0 Å². The van der Waals surface area contributed by atoms with Gasteiger partial charge in [-0.25, -0.2) is 0 Å². The maximum atomic E-state index is 13.1. The monoisotopic (exact) mass is 482 g/mol. The highest BCUT2D eigenvalue weighted by atomic mass is 16.2. The van der Waals surface area contributed by atoms with Gasteiger partial charge in [0.2, 0.25) is 0 Å². The molecular formula is C30H34N4O2. The first-order chi connectivity index (χ1) is 17.6. The van der Waals surface area contributed by atoms with Gasteiger partial charge in [-0.3, -0.25) is 14.5 Å². The summed E-state index contributed by atoms with van der Waals surface area (Å²) in [6.07, 6.45) is 2.54. The van der Waals surface area contributed by atoms with E-state index in [1.807, 2.05) is 59.5 Å². The van der Waals surface area contributed by atoms with E-state index in [4.69, 9.17) is 0 Å². The summed E-state index contributed by atoms with van der Waals surface area (Å²) in [5.74, 6) is 0.00549. The molecule has 2 N–H and O–H groups in total. The Balaban J connectivity index is 1.20. The Labute approximate surface area is 213 Å². The van der Waals surface area contributed by atoms with E-state index in [2.05, 4.69) is 46.7 Å². The Bertz CT molecular complexity index is 1200. The molecule has 3 aromatic rings. The Morgan fingerprint density at radius 2 is 1.69 bits per heavy atom. The van der Waals surface area contributed by atoms with Crippen molar-refractivity contribution in [2.45, 2.75) is 44.9 Å². The topological polar surface area (TPSA) is 64.7 Å². The van der Waals surface area contributed by atoms with E-state index in [1.165, 1.54) is 5.56 Å². The molecule has 36 heavy (non-hydrogen) atoms. The number of nitrogens with zero attached hydrogens (tertiary/aromatic N) is 2. The summed E-state index contributed by atoms with van der Waals surface area (Å²) >= 11 is 0. The molecule has 2 heterocycles. The van der Waals surface area contributed by atoms with Gasteiger partial charge in [-0.1, -0.05) is 61.5 Å². The van der Waals surface area contributed by atoms with Crippen LogP contribution in [0.25, 0.3) is 0 Å². The molecule has 6 heteroatoms. The quantitative estimate of drug-likeness (QED) is 0.471. The molecule has 0 radical (unpaired) electrons. The lowest BCUT2D eigenvalue weighted by atomic mass is 10.0. The van der Waals surface area contributed by atoms with Crippen molar-refractivity contribution in [2.24, 2.45) is 0 Å². The van der Waals surface area contributed by atoms with Crippen LogP contribution in [0.5, 0.6) is 0 Å². The first-order valence-corrected chi connectivity index (χ1v) is 13.0. The number of anilines is 1. The number of likely N-dealkylation sites (tertiary alicyclic amines) is 1. The fourth-order valence-corrected chi connectivity index (χ4v) is 5.25. The molecule has 0 bridgehead atoms. The molecule has 1 saturated heterocycles. The SMILES string of the molecule is CCCN1C(=O)c2ccccc2C1Nc1cccc(C(=O)NC2CCN(Cc3ccccc3)CC2)c1. The van der Waals surface area contributed by atoms with Crippen molar-refractivity contribution in [3.05, 3.63) is 101 Å². The highest BCUT2D eigenvalue weighted by molar-refractivity contribution is 5.99. The van der Waals surface area contributed by atoms with E-state index in [0.29, 0.717) is 12.1 Å². The predicted octanol–water partition coefficient (Wildman–Crippen LogP) is 5.06. The molecule has 1 fully saturated rings. The maximum Gasteiger partial charge on any atom is 0.256 e. The molecule has 2 amide bonds. The average molecular weight is 483 g/mol. The number of benzene rings is 3. The summed E-state index contributed by atoms with van der Waals surface area (Å²) in [6.45, 7) is 5.66. The fourth-order valence-electron chi connectivity index (χ4n) is 5.25. The van der Waals surface area contributed by atoms with Gasteiger partial charge in [-0.2, -0.15) is 0 Å². The van der Waals surface area contributed by atoms with Crippen LogP contribution in [0.3, 0.4) is 0 Å². The molecule has 186 valence electrons. The van der Waals surface area contributed by atoms with E-state index >= 15 is 0 Å². The van der Waals surface area contributed by atoms with Gasteiger partial charge < -0.3 is 15.5 Å². The number of hydrogen-bond acceptors (Lipinski definition) is 4. The lowest BCUT2D eigenvalue weighted by molar-refractivity contribution is 0.0742. The summed E-state index contributed by atoms with van der Waals surface area (Å²) in [5.41, 5.74) is 4.51. The number of carbonyl (C=O) groups is 2. The van der Waals surface area contributed by atoms with E-state index in [9.17, 15) is 9.59 Å². The summed E-state index contributed by atoms with van der Waals surface area (Å²) in [7, 11) is 0. The largest absolute Gasteiger partial charge is 0.361 e. The molecule has 5 rings (SSSR count). The normalized spacial score (nSPS) is 18.2. The first-order valence-electron chi connectivity index (χ1n) is 13.0. The van der Waals surface area contributed by atoms with Crippen molar-refractivity contribution >= 4 is 17.5 Å². The van der Waals surface area contributed by atoms with Gasteiger partial charge in [0.15, 0.2) is 0 Å². The number of amides is 2. The first kappa shape index (κ1) is 24.1. The van der Waals surface area contributed by atoms with Crippen molar-refractivity contribution in [3.63, 3.8) is 0 Å². The van der Waals surface area contributed by atoms with Crippen molar-refractivity contribution in [1.82, 2.24) is 15.1 Å². The summed E-state index contributed by atoms with van der Waals surface area (Å²) in [4.78, 5) is 30.3. The van der Waals surface area contributed by atoms with E-state index < -0.39 is 0 Å². The second-order valence-corrected chi connectivity index (χ2v) is 9.72. The van der Waals surface area contributed by atoms with Crippen LogP contribution < -0.4 is 10.6 Å². The molecule has 0 aromatic heterocycles. The number of rotatable bonds is 8. The van der Waals surface area contributed by atoms with Gasteiger partial charge in [-0.15, -0.1) is 0 Å². The molecule has 6 nitrogen and oxygen atoms in total. The van der Waals surface area contributed by atoms with Crippen LogP contribution in [-0.4, -0.2) is 47.3 Å². The highest BCUT2D eigenvalue weighted by Crippen LogP contribution is 2.34. The molecule has 2 aliphatic heterocycles. The standard InChI is InChI=1S/C30H34N4O2/c1-2-17-34-28(26-13-6-7-14-27(26)30(34)36)31-25-12-8-11-23(20-25)29(35)32-24-15-18-33(19-16-24)21-22-9-4-3-5-10-22/h3-14,20,24,28,31H,2,15-19,21H2,1H3,(H,32,35). The van der Waals surface area contributed by atoms with Crippen molar-refractivity contribution in [3.8, 4) is 0 Å². The summed E-state index contributed by atoms with van der Waals surface area (Å²) < 4.78 is 0. The predicted molar refractivity (Wildman–Crippen MR) is 143 cm³/mol. The van der Waals surface area contributed by atoms with Gasteiger partial charge in [0.1, 0.15) is 6.17 Å². The minimum atomic E-state index is -0.235. The second kappa shape index (κ2) is 11.0. The van der Waals surface area contributed by atoms with Crippen LogP contribution in [0.1, 0.15) is 64.2 Å². The number of fused-ring (bicyclic) bond motifs is 1. The van der Waals surface area contributed by atoms with Gasteiger partial charge in [0.25, 0.3) is 11.8 Å². The molecule has 1 atom stereocenters. The molecule has 0 saturated carbocycles. The third kappa shape index (κ3) is 5.29. The Morgan fingerprint density at radius 3 is 2.47 bits per heavy atom. The lowest BCUT2D eigenvalue weighted by Gasteiger charge is -2.32. The maximum absolute atomic E-state index is 13.1. The second-order valence-electron chi connectivity index (χ2n) is 9.72. The zero-order valence-corrected chi connectivity index (χ0v) is 20.8. The van der Waals surface area contributed by atoms with Crippen LogP contribution in [-0.2, 0) is 6.54 Å². The fraction of sp³-hybridized carbons (Fsp3) is 0.333. The van der Waals surface area contributed by atoms with Gasteiger partial charge in [0.05, 0.1) is 0 Å². The number of nitrogens with one attached hydrogen (secondary N) is 2. The van der Waals surface area contributed by atoms with E-state index in [0.717, 1.165) is 55.7 Å². The van der Waals surface area contributed by atoms with Crippen molar-refractivity contribution < 1.29 is 9.59 Å². The smallest absolute Gasteiger partial charge is 0.256 e. The minimum absolute atomic E-state index is 0.0477. The lowest BCUT2D eigenvalue weighted by Crippen LogP contribution is -2.44. The van der Waals surface area contributed by atoms with Crippen molar-refractivity contribution in [1.29, 1.82) is 0 Å². The number of piperidine rings is 1. The third-order valence-electron chi connectivity index (χ3n) is 7.12. The summed E-state index contributed by atoms with van der Waals surface area (Å²) in [6, 6.07) is 26.0. The van der Waals surface area contributed by atoms with Crippen LogP contribution >= 0.6 is 0 Å². The van der Waals surface area contributed by atoms with Crippen molar-refractivity contribution in [2.75, 3.05) is 25.0 Å². The van der Waals surface area contributed by atoms with Gasteiger partial charge >= 0.3 is 0 Å². The molecule has 1 unspecified atom stereocenters. The third-order valence-corrected chi connectivity index (χ3v) is 7.12. The van der Waals surface area contributed by atoms with Gasteiger partial charge in [-0.05, 0) is 49.1 Å². The summed E-state index contributed by atoms with van der Waals surface area (Å²) in [5, 5.41) is 6.74. The zero-order valence-electron chi connectivity index (χ0n) is 20.8. The number of hydrogen-bond donors (Lipinski definition) is 2. The Kier molecular flexibility index (Phi) is 7.33. The van der Waals surface area contributed by atoms with Gasteiger partial charge in [0, 0.05) is 54.6 Å².